The molecule has 1 amide bonds. The van der Waals surface area contributed by atoms with Crippen LogP contribution in [-0.2, 0) is 6.42 Å². The minimum atomic E-state index is -0.805. The van der Waals surface area contributed by atoms with Crippen LogP contribution in [0, 0.1) is 18.2 Å². The highest BCUT2D eigenvalue weighted by Gasteiger charge is 2.30. The fraction of sp³-hybridized carbons (Fsp3) is 0.500. The molecule has 0 atom stereocenters. The van der Waals surface area contributed by atoms with Crippen LogP contribution in [0.25, 0.3) is 11.3 Å². The Balaban J connectivity index is 1.79. The van der Waals surface area contributed by atoms with Crippen molar-refractivity contribution in [2.45, 2.75) is 71.9 Å². The Morgan fingerprint density at radius 2 is 1.94 bits per heavy atom. The number of carbonyl (C=O) groups excluding carboxylic acids is 1. The predicted octanol–water partition coefficient (Wildman–Crippen LogP) is 4.12. The highest BCUT2D eigenvalue weighted by Crippen LogP contribution is 2.39. The number of carbonyl (C=O) groups is 1. The summed E-state index contributed by atoms with van der Waals surface area (Å²) < 4.78 is 16.9. The number of benzene rings is 1. The first-order chi connectivity index (χ1) is 14.6. The van der Waals surface area contributed by atoms with E-state index in [0.717, 1.165) is 36.2 Å². The minimum absolute atomic E-state index is 0.0307. The number of primary amides is 1. The van der Waals surface area contributed by atoms with Crippen LogP contribution in [0.4, 0.5) is 10.1 Å². The summed E-state index contributed by atoms with van der Waals surface area (Å²) in [6.07, 6.45) is 5.60. The summed E-state index contributed by atoms with van der Waals surface area (Å²) in [5.74, 6) is -1.46. The van der Waals surface area contributed by atoms with Gasteiger partial charge >= 0.3 is 0 Å². The molecule has 31 heavy (non-hydrogen) atoms. The second-order valence-corrected chi connectivity index (χ2v) is 9.68. The summed E-state index contributed by atoms with van der Waals surface area (Å²) in [5, 5.41) is 17.8. The molecular weight excluding hydrogens is 395 g/mol. The third kappa shape index (κ3) is 4.11. The van der Waals surface area contributed by atoms with E-state index in [9.17, 15) is 9.90 Å². The van der Waals surface area contributed by atoms with Crippen LogP contribution in [0.3, 0.4) is 0 Å². The molecule has 2 aliphatic carbocycles. The zero-order chi connectivity index (χ0) is 22.5. The van der Waals surface area contributed by atoms with E-state index < -0.39 is 11.7 Å². The van der Waals surface area contributed by atoms with Crippen molar-refractivity contribution in [2.75, 3.05) is 5.32 Å². The smallest absolute Gasteiger partial charge is 0.253 e. The van der Waals surface area contributed by atoms with Crippen molar-refractivity contribution in [3.05, 3.63) is 46.5 Å². The number of nitrogens with zero attached hydrogens (tertiary/aromatic N) is 2. The molecule has 1 heterocycles. The largest absolute Gasteiger partial charge is 0.393 e. The maximum atomic E-state index is 15.1. The first-order valence-electron chi connectivity index (χ1n) is 10.9. The average molecular weight is 427 g/mol. The highest BCUT2D eigenvalue weighted by atomic mass is 19.1. The normalized spacial score (nSPS) is 22.6. The Hall–Kier alpha value is -2.67. The lowest BCUT2D eigenvalue weighted by Gasteiger charge is -2.29. The van der Waals surface area contributed by atoms with Crippen LogP contribution in [0.1, 0.15) is 73.8 Å². The number of anilines is 1. The van der Waals surface area contributed by atoms with Crippen molar-refractivity contribution in [1.29, 1.82) is 0 Å². The number of aliphatic hydroxyl groups excluding tert-OH is 1. The van der Waals surface area contributed by atoms with E-state index in [1.54, 1.807) is 10.7 Å². The van der Waals surface area contributed by atoms with Crippen LogP contribution in [-0.4, -0.2) is 32.9 Å². The number of rotatable bonds is 4. The number of aliphatic hydroxyl groups is 1. The number of allylic oxidation sites excluding steroid dienone is 2. The van der Waals surface area contributed by atoms with Gasteiger partial charge in [0, 0.05) is 17.7 Å². The SMILES string of the molecule is CC1=CC(C)(C)Cc2c1c(C)nn2-c1cc(F)c(C(N)=O)c(NC2CCC(O)CC2)c1. The van der Waals surface area contributed by atoms with Crippen LogP contribution in [0.15, 0.2) is 18.2 Å². The number of halogens is 1. The molecule has 0 spiro atoms. The van der Waals surface area contributed by atoms with Crippen LogP contribution in [0.5, 0.6) is 0 Å². The summed E-state index contributed by atoms with van der Waals surface area (Å²) in [6.45, 7) is 8.40. The van der Waals surface area contributed by atoms with E-state index in [4.69, 9.17) is 10.8 Å². The lowest BCUT2D eigenvalue weighted by atomic mass is 9.78. The van der Waals surface area contributed by atoms with Gasteiger partial charge in [-0.3, -0.25) is 4.79 Å². The van der Waals surface area contributed by atoms with Gasteiger partial charge in [0.1, 0.15) is 5.82 Å². The molecule has 1 fully saturated rings. The third-order valence-corrected chi connectivity index (χ3v) is 6.40. The second-order valence-electron chi connectivity index (χ2n) is 9.68. The number of amides is 1. The average Bonchev–Trinajstić information content (AvgIpc) is 2.98. The fourth-order valence-corrected chi connectivity index (χ4v) is 5.12. The number of aryl methyl sites for hydroxylation is 1. The Labute approximate surface area is 182 Å². The molecule has 0 bridgehead atoms. The van der Waals surface area contributed by atoms with E-state index in [1.807, 2.05) is 6.92 Å². The van der Waals surface area contributed by atoms with Crippen molar-refractivity contribution in [2.24, 2.45) is 11.1 Å². The molecule has 0 unspecified atom stereocenters. The number of aromatic nitrogens is 2. The quantitative estimate of drug-likeness (QED) is 0.686. The van der Waals surface area contributed by atoms with Crippen LogP contribution in [0.2, 0.25) is 0 Å². The molecule has 1 aromatic carbocycles. The number of hydrogen-bond acceptors (Lipinski definition) is 4. The summed E-state index contributed by atoms with van der Waals surface area (Å²) in [5.41, 5.74) is 10.5. The zero-order valence-electron chi connectivity index (χ0n) is 18.6. The van der Waals surface area contributed by atoms with Gasteiger partial charge in [0.2, 0.25) is 0 Å². The van der Waals surface area contributed by atoms with Crippen molar-refractivity contribution in [3.63, 3.8) is 0 Å². The van der Waals surface area contributed by atoms with E-state index in [1.165, 1.54) is 11.6 Å². The van der Waals surface area contributed by atoms with Crippen molar-refractivity contribution < 1.29 is 14.3 Å². The zero-order valence-corrected chi connectivity index (χ0v) is 18.6. The van der Waals surface area contributed by atoms with Gasteiger partial charge < -0.3 is 16.2 Å². The molecule has 0 radical (unpaired) electrons. The maximum absolute atomic E-state index is 15.1. The van der Waals surface area contributed by atoms with Crippen molar-refractivity contribution >= 4 is 17.2 Å². The molecule has 4 N–H and O–H groups in total. The van der Waals surface area contributed by atoms with Crippen molar-refractivity contribution in [3.8, 4) is 5.69 Å². The summed E-state index contributed by atoms with van der Waals surface area (Å²) >= 11 is 0. The molecule has 6 nitrogen and oxygen atoms in total. The number of fused-ring (bicyclic) bond motifs is 1. The molecule has 2 aliphatic rings. The van der Waals surface area contributed by atoms with E-state index in [2.05, 4.69) is 32.2 Å². The third-order valence-electron chi connectivity index (χ3n) is 6.40. The molecule has 4 rings (SSSR count). The number of nitrogens with one attached hydrogen (secondary N) is 1. The molecule has 7 heteroatoms. The first-order valence-corrected chi connectivity index (χ1v) is 10.9. The van der Waals surface area contributed by atoms with Crippen LogP contribution >= 0.6 is 0 Å². The lowest BCUT2D eigenvalue weighted by molar-refractivity contribution is 0.0996. The number of nitrogens with two attached hydrogens (primary N) is 1. The van der Waals surface area contributed by atoms with Crippen LogP contribution < -0.4 is 11.1 Å². The second kappa shape index (κ2) is 7.79. The van der Waals surface area contributed by atoms with Gasteiger partial charge in [-0.05, 0) is 63.0 Å². The van der Waals surface area contributed by atoms with E-state index >= 15 is 4.39 Å². The highest BCUT2D eigenvalue weighted by molar-refractivity contribution is 5.99. The Morgan fingerprint density at radius 3 is 2.58 bits per heavy atom. The van der Waals surface area contributed by atoms with Crippen molar-refractivity contribution in [1.82, 2.24) is 9.78 Å². The Kier molecular flexibility index (Phi) is 5.41. The van der Waals surface area contributed by atoms with Gasteiger partial charge in [-0.2, -0.15) is 5.10 Å². The molecule has 0 aliphatic heterocycles. The topological polar surface area (TPSA) is 93.2 Å². The fourth-order valence-electron chi connectivity index (χ4n) is 5.12. The molecular formula is C24H31FN4O2. The standard InChI is InChI=1S/C24H31FN4O2/c1-13-11-24(3,4)12-20-21(13)14(2)28-29(20)16-9-18(25)22(23(26)31)19(10-16)27-15-5-7-17(30)8-6-15/h9-11,15,17,27,30H,5-8,12H2,1-4H3,(H2,26,31). The van der Waals surface area contributed by atoms with E-state index in [-0.39, 0.29) is 23.1 Å². The van der Waals surface area contributed by atoms with E-state index in [0.29, 0.717) is 24.2 Å². The monoisotopic (exact) mass is 426 g/mol. The maximum Gasteiger partial charge on any atom is 0.253 e. The minimum Gasteiger partial charge on any atom is -0.393 e. The predicted molar refractivity (Wildman–Crippen MR) is 120 cm³/mol. The van der Waals surface area contributed by atoms with Gasteiger partial charge in [-0.1, -0.05) is 19.9 Å². The molecule has 1 aromatic heterocycles. The lowest BCUT2D eigenvalue weighted by Crippen LogP contribution is -2.29. The summed E-state index contributed by atoms with van der Waals surface area (Å²) in [6, 6.07) is 3.15. The summed E-state index contributed by atoms with van der Waals surface area (Å²) in [4.78, 5) is 12.0. The molecule has 1 saturated carbocycles. The Bertz CT molecular complexity index is 1060. The van der Waals surface area contributed by atoms with Gasteiger partial charge in [0.15, 0.2) is 0 Å². The summed E-state index contributed by atoms with van der Waals surface area (Å²) in [7, 11) is 0. The van der Waals surface area contributed by atoms with Gasteiger partial charge in [-0.25, -0.2) is 9.07 Å². The van der Waals surface area contributed by atoms with Gasteiger partial charge in [0.25, 0.3) is 5.91 Å². The Morgan fingerprint density at radius 1 is 1.26 bits per heavy atom. The molecule has 2 aromatic rings. The van der Waals surface area contributed by atoms with Gasteiger partial charge in [-0.15, -0.1) is 0 Å². The molecule has 166 valence electrons. The first kappa shape index (κ1) is 21.6. The number of hydrogen-bond donors (Lipinski definition) is 3. The van der Waals surface area contributed by atoms with Gasteiger partial charge in [0.05, 0.1) is 34.4 Å². The molecule has 0 saturated heterocycles.